The normalized spacial score (nSPS) is 7.90. The number of carbonyl (C=O) groups excluding carboxylic acids is 2. The molecule has 0 aliphatic heterocycles. The van der Waals surface area contributed by atoms with Gasteiger partial charge in [0, 0.05) is 24.7 Å². The number of nitrogens with zero attached hydrogens (tertiary/aromatic N) is 2. The molecule has 0 aromatic carbocycles. The van der Waals surface area contributed by atoms with E-state index < -0.39 is 0 Å². The van der Waals surface area contributed by atoms with E-state index in [0.717, 1.165) is 12.5 Å². The second kappa shape index (κ2) is 14.6. The lowest BCUT2D eigenvalue weighted by Gasteiger charge is -1.94. The van der Waals surface area contributed by atoms with Crippen LogP contribution in [0.1, 0.15) is 20.3 Å². The van der Waals surface area contributed by atoms with Gasteiger partial charge in [-0.2, -0.15) is 0 Å². The molecule has 1 rings (SSSR count). The van der Waals surface area contributed by atoms with E-state index in [1.165, 1.54) is 13.0 Å². The highest BCUT2D eigenvalue weighted by atomic mass is 16.5. The van der Waals surface area contributed by atoms with Crippen molar-refractivity contribution in [3.63, 3.8) is 0 Å². The molecule has 0 saturated heterocycles. The maximum absolute atomic E-state index is 10.2. The van der Waals surface area contributed by atoms with Gasteiger partial charge in [-0.3, -0.25) is 4.79 Å². The van der Waals surface area contributed by atoms with Crippen LogP contribution in [-0.2, 0) is 14.3 Å². The van der Waals surface area contributed by atoms with Crippen molar-refractivity contribution in [3.8, 4) is 0 Å². The van der Waals surface area contributed by atoms with Gasteiger partial charge in [-0.05, 0) is 19.4 Å². The average molecular weight is 278 g/mol. The number of carbonyl (C=O) groups is 2. The van der Waals surface area contributed by atoms with Gasteiger partial charge in [0.15, 0.2) is 5.78 Å². The molecular weight excluding hydrogens is 256 g/mol. The van der Waals surface area contributed by atoms with E-state index in [0.29, 0.717) is 6.61 Å². The average Bonchev–Trinajstić information content (AvgIpc) is 2.99. The van der Waals surface area contributed by atoms with Crippen molar-refractivity contribution in [3.05, 3.63) is 50.6 Å². The Morgan fingerprint density at radius 3 is 2.15 bits per heavy atom. The molecule has 110 valence electrons. The maximum Gasteiger partial charge on any atom is 0.330 e. The van der Waals surface area contributed by atoms with Gasteiger partial charge in [0.25, 0.3) is 0 Å². The van der Waals surface area contributed by atoms with Crippen LogP contribution < -0.4 is 0 Å². The van der Waals surface area contributed by atoms with E-state index in [1.54, 1.807) is 23.3 Å². The van der Waals surface area contributed by atoms with Crippen LogP contribution in [0.3, 0.4) is 0 Å². The number of rotatable bonds is 5. The first-order chi connectivity index (χ1) is 9.51. The van der Waals surface area contributed by atoms with Gasteiger partial charge in [-0.25, -0.2) is 9.78 Å². The zero-order valence-electron chi connectivity index (χ0n) is 12.1. The minimum Gasteiger partial charge on any atom is -0.463 e. The van der Waals surface area contributed by atoms with Crippen molar-refractivity contribution >= 4 is 18.0 Å². The summed E-state index contributed by atoms with van der Waals surface area (Å²) in [5.41, 5.74) is 0. The Morgan fingerprint density at radius 2 is 1.90 bits per heavy atom. The van der Waals surface area contributed by atoms with Crippen molar-refractivity contribution in [2.45, 2.75) is 20.3 Å². The first kappa shape index (κ1) is 19.9. The Hall–Kier alpha value is -2.43. The van der Waals surface area contributed by atoms with E-state index >= 15 is 0 Å². The lowest BCUT2D eigenvalue weighted by atomic mass is 10.5. The molecule has 0 atom stereocenters. The lowest BCUT2D eigenvalue weighted by Crippen LogP contribution is -1.99. The first-order valence-corrected chi connectivity index (χ1v) is 6.03. The Kier molecular flexibility index (Phi) is 14.6. The number of esters is 1. The Bertz CT molecular complexity index is 409. The number of imidazole rings is 1. The maximum atomic E-state index is 10.2. The number of ketones is 1. The van der Waals surface area contributed by atoms with Crippen molar-refractivity contribution in [2.24, 2.45) is 0 Å². The molecule has 0 amide bonds. The number of aromatic nitrogens is 2. The summed E-state index contributed by atoms with van der Waals surface area (Å²) in [6, 6.07) is 0. The molecular formula is C15H22N2O3. The summed E-state index contributed by atoms with van der Waals surface area (Å²) in [6.07, 6.45) is 10.2. The molecule has 0 unspecified atom stereocenters. The molecule has 0 bridgehead atoms. The summed E-state index contributed by atoms with van der Waals surface area (Å²) < 4.78 is 6.36. The fourth-order valence-electron chi connectivity index (χ4n) is 0.639. The molecule has 5 nitrogen and oxygen atoms in total. The monoisotopic (exact) mass is 278 g/mol. The van der Waals surface area contributed by atoms with Gasteiger partial charge >= 0.3 is 5.97 Å². The van der Waals surface area contributed by atoms with Crippen LogP contribution >= 0.6 is 0 Å². The Labute approximate surface area is 120 Å². The Balaban J connectivity index is 0. The first-order valence-electron chi connectivity index (χ1n) is 6.03. The highest BCUT2D eigenvalue weighted by molar-refractivity contribution is 5.86. The third-order valence-electron chi connectivity index (χ3n) is 1.64. The fraction of sp³-hybridized carbons (Fsp3) is 0.267. The van der Waals surface area contributed by atoms with Crippen LogP contribution in [0.4, 0.5) is 0 Å². The summed E-state index contributed by atoms with van der Waals surface area (Å²) in [5, 5.41) is 0. The van der Waals surface area contributed by atoms with Crippen molar-refractivity contribution < 1.29 is 14.3 Å². The van der Waals surface area contributed by atoms with Gasteiger partial charge in [0.1, 0.15) is 0 Å². The smallest absolute Gasteiger partial charge is 0.330 e. The van der Waals surface area contributed by atoms with Gasteiger partial charge in [0.2, 0.25) is 0 Å². The van der Waals surface area contributed by atoms with Gasteiger partial charge in [0.05, 0.1) is 12.9 Å². The summed E-state index contributed by atoms with van der Waals surface area (Å²) in [5.74, 6) is -0.322. The van der Waals surface area contributed by atoms with Crippen LogP contribution in [0.5, 0.6) is 0 Å². The van der Waals surface area contributed by atoms with Crippen LogP contribution in [0.2, 0.25) is 0 Å². The predicted molar refractivity (Wildman–Crippen MR) is 80.9 cm³/mol. The number of hydrogen-bond acceptors (Lipinski definition) is 4. The number of hydrogen-bond donors (Lipinski definition) is 0. The molecule has 1 aromatic heterocycles. The largest absolute Gasteiger partial charge is 0.463 e. The minimum atomic E-state index is -0.341. The zero-order chi connectivity index (χ0) is 15.8. The molecule has 0 aliphatic carbocycles. The SMILES string of the molecule is C=CC(=O)OCCC.C=CC(C)=O.C=Cn1ccnc1. The highest BCUT2D eigenvalue weighted by Gasteiger charge is 1.89. The molecule has 0 N–H and O–H groups in total. The van der Waals surface area contributed by atoms with E-state index in [-0.39, 0.29) is 11.8 Å². The standard InChI is InChI=1S/C6H10O2.C5H6N2.C4H6O/c1-3-5-8-6(7)4-2;1-2-7-4-3-6-5-7;1-3-4(2)5/h4H,2-3,5H2,1H3;2-5H,1H2;3H,1H2,2H3. The van der Waals surface area contributed by atoms with Crippen LogP contribution in [0.25, 0.3) is 6.20 Å². The van der Waals surface area contributed by atoms with E-state index in [1.807, 2.05) is 13.1 Å². The molecule has 0 aliphatic rings. The van der Waals surface area contributed by atoms with E-state index in [2.05, 4.69) is 29.5 Å². The second-order valence-electron chi connectivity index (χ2n) is 3.38. The molecule has 20 heavy (non-hydrogen) atoms. The number of allylic oxidation sites excluding steroid dienone is 1. The van der Waals surface area contributed by atoms with Gasteiger partial charge in [-0.15, -0.1) is 0 Å². The number of ether oxygens (including phenoxy) is 1. The fourth-order valence-corrected chi connectivity index (χ4v) is 0.639. The molecule has 0 fully saturated rings. The van der Waals surface area contributed by atoms with Crippen LogP contribution in [-0.4, -0.2) is 27.9 Å². The van der Waals surface area contributed by atoms with Gasteiger partial charge < -0.3 is 9.30 Å². The molecule has 0 saturated carbocycles. The minimum absolute atomic E-state index is 0.0185. The van der Waals surface area contributed by atoms with Crippen molar-refractivity contribution in [1.29, 1.82) is 0 Å². The molecule has 0 radical (unpaired) electrons. The van der Waals surface area contributed by atoms with E-state index in [4.69, 9.17) is 0 Å². The van der Waals surface area contributed by atoms with Gasteiger partial charge in [-0.1, -0.05) is 26.7 Å². The van der Waals surface area contributed by atoms with Crippen LogP contribution in [0.15, 0.2) is 50.6 Å². The quantitative estimate of drug-likeness (QED) is 0.613. The zero-order valence-corrected chi connectivity index (χ0v) is 12.1. The summed E-state index contributed by atoms with van der Waals surface area (Å²) in [7, 11) is 0. The summed E-state index contributed by atoms with van der Waals surface area (Å²) >= 11 is 0. The molecule has 5 heteroatoms. The summed E-state index contributed by atoms with van der Waals surface area (Å²) in [6.45, 7) is 13.9. The van der Waals surface area contributed by atoms with Crippen LogP contribution in [0, 0.1) is 0 Å². The molecule has 1 aromatic rings. The molecule has 1 heterocycles. The summed E-state index contributed by atoms with van der Waals surface area (Å²) in [4.78, 5) is 23.7. The third kappa shape index (κ3) is 15.6. The topological polar surface area (TPSA) is 61.2 Å². The van der Waals surface area contributed by atoms with Crippen molar-refractivity contribution in [2.75, 3.05) is 6.61 Å². The van der Waals surface area contributed by atoms with E-state index in [9.17, 15) is 9.59 Å². The third-order valence-corrected chi connectivity index (χ3v) is 1.64. The Morgan fingerprint density at radius 1 is 1.30 bits per heavy atom. The lowest BCUT2D eigenvalue weighted by molar-refractivity contribution is -0.137. The predicted octanol–water partition coefficient (Wildman–Crippen LogP) is 2.87. The highest BCUT2D eigenvalue weighted by Crippen LogP contribution is 1.81. The van der Waals surface area contributed by atoms with Crippen molar-refractivity contribution in [1.82, 2.24) is 9.55 Å². The molecule has 0 spiro atoms. The second-order valence-corrected chi connectivity index (χ2v) is 3.38.